The third-order valence-corrected chi connectivity index (χ3v) is 4.95. The fourth-order valence-corrected chi connectivity index (χ4v) is 3.61. The van der Waals surface area contributed by atoms with E-state index >= 15 is 0 Å². The van der Waals surface area contributed by atoms with Crippen LogP contribution in [0.5, 0.6) is 0 Å². The minimum absolute atomic E-state index is 0.957. The molecule has 0 aromatic rings. The Kier molecular flexibility index (Phi) is 16.4. The zero-order valence-electron chi connectivity index (χ0n) is 15.8. The molecule has 0 heteroatoms. The van der Waals surface area contributed by atoms with Gasteiger partial charge in [-0.15, -0.1) is 0 Å². The van der Waals surface area contributed by atoms with Gasteiger partial charge in [-0.3, -0.25) is 0 Å². The van der Waals surface area contributed by atoms with Gasteiger partial charge in [0.1, 0.15) is 0 Å². The van der Waals surface area contributed by atoms with Gasteiger partial charge in [-0.2, -0.15) is 0 Å². The molecule has 0 bridgehead atoms. The third-order valence-electron chi connectivity index (χ3n) is 4.95. The van der Waals surface area contributed by atoms with Crippen molar-refractivity contribution in [2.75, 3.05) is 0 Å². The minimum Gasteiger partial charge on any atom is -0.0654 e. The Morgan fingerprint density at radius 3 is 1.67 bits per heavy atom. The lowest BCUT2D eigenvalue weighted by molar-refractivity contribution is 0.320. The highest BCUT2D eigenvalue weighted by Crippen LogP contribution is 2.26. The van der Waals surface area contributed by atoms with Crippen molar-refractivity contribution in [3.63, 3.8) is 0 Å². The molecule has 0 N–H and O–H groups in total. The minimum atomic E-state index is 0.957. The smallest absolute Gasteiger partial charge is 0.0412 e. The predicted molar refractivity (Wildman–Crippen MR) is 98.9 cm³/mol. The van der Waals surface area contributed by atoms with Crippen LogP contribution in [0.1, 0.15) is 124 Å². The second kappa shape index (κ2) is 16.4. The molecule has 0 radical (unpaired) electrons. The summed E-state index contributed by atoms with van der Waals surface area (Å²) in [6.07, 6.45) is 21.7. The molecule has 0 heterocycles. The van der Waals surface area contributed by atoms with E-state index in [9.17, 15) is 0 Å². The molecule has 0 spiro atoms. The zero-order valence-corrected chi connectivity index (χ0v) is 15.8. The van der Waals surface area contributed by atoms with Crippen LogP contribution in [0.2, 0.25) is 0 Å². The number of hydrogen-bond acceptors (Lipinski definition) is 0. The van der Waals surface area contributed by atoms with E-state index in [0.717, 1.165) is 11.8 Å². The highest BCUT2D eigenvalue weighted by molar-refractivity contribution is 4.65. The summed E-state index contributed by atoms with van der Waals surface area (Å²) < 4.78 is 0. The predicted octanol–water partition coefficient (Wildman–Crippen LogP) is 8.15. The van der Waals surface area contributed by atoms with Crippen LogP contribution in [-0.2, 0) is 0 Å². The van der Waals surface area contributed by atoms with Gasteiger partial charge in [-0.1, -0.05) is 118 Å². The molecule has 0 aromatic heterocycles. The van der Waals surface area contributed by atoms with Crippen molar-refractivity contribution in [1.29, 1.82) is 0 Å². The van der Waals surface area contributed by atoms with Gasteiger partial charge >= 0.3 is 0 Å². The fraction of sp³-hybridized carbons (Fsp3) is 1.00. The Morgan fingerprint density at radius 1 is 0.524 bits per heavy atom. The molecule has 2 atom stereocenters. The maximum absolute atomic E-state index is 2.50. The second-order valence-electron chi connectivity index (χ2n) is 7.40. The maximum atomic E-state index is 2.50. The van der Waals surface area contributed by atoms with Gasteiger partial charge in [0, 0.05) is 0 Å². The average molecular weight is 297 g/mol. The van der Waals surface area contributed by atoms with E-state index < -0.39 is 0 Å². The van der Waals surface area contributed by atoms with E-state index in [2.05, 4.69) is 27.7 Å². The highest BCUT2D eigenvalue weighted by atomic mass is 14.2. The van der Waals surface area contributed by atoms with E-state index in [1.165, 1.54) is 96.3 Å². The lowest BCUT2D eigenvalue weighted by Crippen LogP contribution is -2.07. The fourth-order valence-electron chi connectivity index (χ4n) is 3.61. The summed E-state index contributed by atoms with van der Waals surface area (Å²) in [6, 6.07) is 0. The van der Waals surface area contributed by atoms with Crippen molar-refractivity contribution >= 4 is 0 Å². The summed E-state index contributed by atoms with van der Waals surface area (Å²) in [5.74, 6) is 1.97. The van der Waals surface area contributed by atoms with E-state index in [0.29, 0.717) is 0 Å². The van der Waals surface area contributed by atoms with Gasteiger partial charge in [0.15, 0.2) is 0 Å². The van der Waals surface area contributed by atoms with Crippen molar-refractivity contribution < 1.29 is 0 Å². The number of hydrogen-bond donors (Lipinski definition) is 0. The molecule has 0 aliphatic carbocycles. The summed E-state index contributed by atoms with van der Waals surface area (Å²) in [6.45, 7) is 9.47. The highest BCUT2D eigenvalue weighted by Gasteiger charge is 2.12. The van der Waals surface area contributed by atoms with Gasteiger partial charge in [0.25, 0.3) is 0 Å². The van der Waals surface area contributed by atoms with Crippen LogP contribution < -0.4 is 0 Å². The monoisotopic (exact) mass is 296 g/mol. The SMILES string of the molecule is CCCCCCCCC(CCC)CC(C)CCCCCC. The molecule has 0 nitrogen and oxygen atoms in total. The molecule has 2 unspecified atom stereocenters. The maximum Gasteiger partial charge on any atom is -0.0412 e. The lowest BCUT2D eigenvalue weighted by atomic mass is 9.85. The Morgan fingerprint density at radius 2 is 1.05 bits per heavy atom. The number of rotatable bonds is 16. The largest absolute Gasteiger partial charge is 0.0654 e. The molecular formula is C21H44. The summed E-state index contributed by atoms with van der Waals surface area (Å²) in [5, 5.41) is 0. The molecule has 128 valence electrons. The Hall–Kier alpha value is 0. The van der Waals surface area contributed by atoms with Crippen molar-refractivity contribution in [3.05, 3.63) is 0 Å². The Labute approximate surface area is 136 Å². The summed E-state index contributed by atoms with van der Waals surface area (Å²) >= 11 is 0. The Balaban J connectivity index is 3.68. The molecule has 0 aliphatic heterocycles. The first-order valence-electron chi connectivity index (χ1n) is 10.2. The quantitative estimate of drug-likeness (QED) is 0.252. The second-order valence-corrected chi connectivity index (χ2v) is 7.40. The molecule has 0 fully saturated rings. The van der Waals surface area contributed by atoms with E-state index in [1.54, 1.807) is 0 Å². The van der Waals surface area contributed by atoms with Crippen LogP contribution in [0, 0.1) is 11.8 Å². The Bertz CT molecular complexity index is 184. The van der Waals surface area contributed by atoms with Gasteiger partial charge in [-0.05, 0) is 18.3 Å². The average Bonchev–Trinajstić information content (AvgIpc) is 2.47. The van der Waals surface area contributed by atoms with Gasteiger partial charge < -0.3 is 0 Å². The van der Waals surface area contributed by atoms with Gasteiger partial charge in [-0.25, -0.2) is 0 Å². The van der Waals surface area contributed by atoms with Crippen LogP contribution >= 0.6 is 0 Å². The van der Waals surface area contributed by atoms with Gasteiger partial charge in [0.2, 0.25) is 0 Å². The molecule has 0 amide bonds. The van der Waals surface area contributed by atoms with Crippen LogP contribution in [-0.4, -0.2) is 0 Å². The first-order chi connectivity index (χ1) is 10.2. The standard InChI is InChI=1S/C21H44/c1-5-8-10-12-13-15-18-21(16-7-3)19-20(4)17-14-11-9-6-2/h20-21H,5-19H2,1-4H3. The summed E-state index contributed by atoms with van der Waals surface area (Å²) in [7, 11) is 0. The van der Waals surface area contributed by atoms with E-state index in [-0.39, 0.29) is 0 Å². The zero-order chi connectivity index (χ0) is 15.8. The van der Waals surface area contributed by atoms with Gasteiger partial charge in [0.05, 0.1) is 0 Å². The molecule has 0 rings (SSSR count). The number of unbranched alkanes of at least 4 members (excludes halogenated alkanes) is 8. The normalized spacial score (nSPS) is 14.3. The van der Waals surface area contributed by atoms with Crippen molar-refractivity contribution in [2.45, 2.75) is 124 Å². The van der Waals surface area contributed by atoms with Crippen molar-refractivity contribution in [3.8, 4) is 0 Å². The van der Waals surface area contributed by atoms with Crippen LogP contribution in [0.25, 0.3) is 0 Å². The lowest BCUT2D eigenvalue weighted by Gasteiger charge is -2.20. The van der Waals surface area contributed by atoms with Crippen molar-refractivity contribution in [2.24, 2.45) is 11.8 Å². The molecule has 0 saturated carbocycles. The van der Waals surface area contributed by atoms with Crippen LogP contribution in [0.3, 0.4) is 0 Å². The summed E-state index contributed by atoms with van der Waals surface area (Å²) in [5.41, 5.74) is 0. The van der Waals surface area contributed by atoms with Crippen LogP contribution in [0.15, 0.2) is 0 Å². The van der Waals surface area contributed by atoms with Crippen LogP contribution in [0.4, 0.5) is 0 Å². The molecule has 21 heavy (non-hydrogen) atoms. The first-order valence-corrected chi connectivity index (χ1v) is 10.2. The molecule has 0 saturated heterocycles. The topological polar surface area (TPSA) is 0 Å². The van der Waals surface area contributed by atoms with E-state index in [4.69, 9.17) is 0 Å². The molecular weight excluding hydrogens is 252 g/mol. The molecule has 0 aliphatic rings. The molecule has 0 aromatic carbocycles. The first kappa shape index (κ1) is 21.0. The third kappa shape index (κ3) is 14.7. The van der Waals surface area contributed by atoms with E-state index in [1.807, 2.05) is 0 Å². The summed E-state index contributed by atoms with van der Waals surface area (Å²) in [4.78, 5) is 0. The van der Waals surface area contributed by atoms with Crippen molar-refractivity contribution in [1.82, 2.24) is 0 Å².